The van der Waals surface area contributed by atoms with Gasteiger partial charge in [-0.25, -0.2) is 0 Å². The van der Waals surface area contributed by atoms with E-state index in [-0.39, 0.29) is 5.91 Å². The molecule has 0 radical (unpaired) electrons. The van der Waals surface area contributed by atoms with E-state index < -0.39 is 0 Å². The van der Waals surface area contributed by atoms with Crippen LogP contribution in [0.3, 0.4) is 0 Å². The second kappa shape index (κ2) is 8.40. The second-order valence-electron chi connectivity index (χ2n) is 6.05. The maximum absolute atomic E-state index is 11.9. The van der Waals surface area contributed by atoms with Gasteiger partial charge >= 0.3 is 0 Å². The number of benzene rings is 1. The number of ether oxygens (including phenoxy) is 2. The van der Waals surface area contributed by atoms with Crippen molar-refractivity contribution in [2.75, 3.05) is 39.4 Å². The summed E-state index contributed by atoms with van der Waals surface area (Å²) in [7, 11) is 0. The number of piperidine rings is 1. The van der Waals surface area contributed by atoms with E-state index in [1.165, 1.54) is 25.3 Å². The Hall–Kier alpha value is -1.72. The Kier molecular flexibility index (Phi) is 5.99. The molecule has 2 aliphatic heterocycles. The molecule has 0 aliphatic carbocycles. The van der Waals surface area contributed by atoms with Gasteiger partial charge in [0, 0.05) is 19.2 Å². The van der Waals surface area contributed by atoms with Gasteiger partial charge in [0.25, 0.3) is 0 Å². The minimum Gasteiger partial charge on any atom is -0.486 e. The van der Waals surface area contributed by atoms with Crippen molar-refractivity contribution in [3.63, 3.8) is 0 Å². The number of carbonyl (C=O) groups is 1. The number of rotatable bonds is 5. The monoisotopic (exact) mass is 350 g/mol. The molecule has 0 spiro atoms. The Morgan fingerprint density at radius 3 is 2.83 bits per heavy atom. The van der Waals surface area contributed by atoms with E-state index in [9.17, 15) is 4.79 Å². The standard InChI is InChI=1S/C18H23ClN2O3/c19-15-12-14(13-16-18(15)24-11-10-23-16)4-5-17(22)20-6-9-21-7-2-1-3-8-21/h4-5,12-13H,1-3,6-11H2,(H,20,22)/b5-4+. The molecule has 0 bridgehead atoms. The van der Waals surface area contributed by atoms with Gasteiger partial charge in [-0.05, 0) is 49.7 Å². The second-order valence-corrected chi connectivity index (χ2v) is 6.46. The SMILES string of the molecule is O=C(/C=C/c1cc(Cl)c2c(c1)OCCO2)NCCN1CCCCC1. The number of likely N-dealkylation sites (tertiary alicyclic amines) is 1. The first-order chi connectivity index (χ1) is 11.7. The van der Waals surface area contributed by atoms with Crippen molar-refractivity contribution in [2.24, 2.45) is 0 Å². The van der Waals surface area contributed by atoms with Crippen LogP contribution < -0.4 is 14.8 Å². The summed E-state index contributed by atoms with van der Waals surface area (Å²) in [5.74, 6) is 1.10. The summed E-state index contributed by atoms with van der Waals surface area (Å²) in [5, 5.41) is 3.42. The highest BCUT2D eigenvalue weighted by molar-refractivity contribution is 6.32. The minimum absolute atomic E-state index is 0.0991. The Bertz CT molecular complexity index is 613. The number of nitrogens with one attached hydrogen (secondary N) is 1. The molecule has 1 aromatic rings. The smallest absolute Gasteiger partial charge is 0.244 e. The van der Waals surface area contributed by atoms with Gasteiger partial charge in [-0.3, -0.25) is 4.79 Å². The molecule has 1 N–H and O–H groups in total. The average Bonchev–Trinajstić information content (AvgIpc) is 2.61. The van der Waals surface area contributed by atoms with Gasteiger partial charge in [-0.1, -0.05) is 18.0 Å². The topological polar surface area (TPSA) is 50.8 Å². The quantitative estimate of drug-likeness (QED) is 0.830. The predicted octanol–water partition coefficient (Wildman–Crippen LogP) is 2.73. The molecular weight excluding hydrogens is 328 g/mol. The number of nitrogens with zero attached hydrogens (tertiary/aromatic N) is 1. The van der Waals surface area contributed by atoms with Gasteiger partial charge in [0.1, 0.15) is 13.2 Å². The largest absolute Gasteiger partial charge is 0.486 e. The van der Waals surface area contributed by atoms with Crippen molar-refractivity contribution < 1.29 is 14.3 Å². The zero-order valence-electron chi connectivity index (χ0n) is 13.7. The number of amides is 1. The lowest BCUT2D eigenvalue weighted by Gasteiger charge is -2.26. The summed E-state index contributed by atoms with van der Waals surface area (Å²) in [4.78, 5) is 14.3. The summed E-state index contributed by atoms with van der Waals surface area (Å²) in [5.41, 5.74) is 0.815. The molecule has 1 aromatic carbocycles. The van der Waals surface area contributed by atoms with Crippen LogP contribution in [0.15, 0.2) is 18.2 Å². The highest BCUT2D eigenvalue weighted by Gasteiger charge is 2.16. The zero-order chi connectivity index (χ0) is 16.8. The molecule has 6 heteroatoms. The van der Waals surface area contributed by atoms with Crippen LogP contribution in [0.5, 0.6) is 11.5 Å². The molecule has 0 atom stereocenters. The minimum atomic E-state index is -0.0991. The molecular formula is C18H23ClN2O3. The van der Waals surface area contributed by atoms with Gasteiger partial charge in [0.2, 0.25) is 5.91 Å². The van der Waals surface area contributed by atoms with E-state index in [0.717, 1.165) is 25.2 Å². The fraction of sp³-hybridized carbons (Fsp3) is 0.500. The fourth-order valence-corrected chi connectivity index (χ4v) is 3.25. The third-order valence-electron chi connectivity index (χ3n) is 4.22. The van der Waals surface area contributed by atoms with E-state index in [2.05, 4.69) is 10.2 Å². The molecule has 2 heterocycles. The lowest BCUT2D eigenvalue weighted by Crippen LogP contribution is -2.37. The number of hydrogen-bond donors (Lipinski definition) is 1. The average molecular weight is 351 g/mol. The molecule has 3 rings (SSSR count). The lowest BCUT2D eigenvalue weighted by atomic mass is 10.1. The lowest BCUT2D eigenvalue weighted by molar-refractivity contribution is -0.116. The normalized spacial score (nSPS) is 17.9. The highest BCUT2D eigenvalue weighted by Crippen LogP contribution is 2.38. The Morgan fingerprint density at radius 1 is 1.21 bits per heavy atom. The molecule has 1 amide bonds. The van der Waals surface area contributed by atoms with E-state index >= 15 is 0 Å². The molecule has 0 aromatic heterocycles. The Morgan fingerprint density at radius 2 is 2.00 bits per heavy atom. The molecule has 0 unspecified atom stereocenters. The van der Waals surface area contributed by atoms with Gasteiger partial charge in [0.05, 0.1) is 5.02 Å². The molecule has 130 valence electrons. The summed E-state index contributed by atoms with van der Waals surface area (Å²) in [6.45, 7) is 4.87. The summed E-state index contributed by atoms with van der Waals surface area (Å²) in [6, 6.07) is 3.60. The van der Waals surface area contributed by atoms with Crippen LogP contribution in [0.2, 0.25) is 5.02 Å². The maximum Gasteiger partial charge on any atom is 0.244 e. The maximum atomic E-state index is 11.9. The van der Waals surface area contributed by atoms with Crippen LogP contribution >= 0.6 is 11.6 Å². The number of fused-ring (bicyclic) bond motifs is 1. The zero-order valence-corrected chi connectivity index (χ0v) is 14.5. The van der Waals surface area contributed by atoms with Crippen LogP contribution in [0.25, 0.3) is 6.08 Å². The summed E-state index contributed by atoms with van der Waals surface area (Å²) in [6.07, 6.45) is 7.11. The molecule has 1 fully saturated rings. The summed E-state index contributed by atoms with van der Waals surface area (Å²) >= 11 is 6.19. The van der Waals surface area contributed by atoms with E-state index in [4.69, 9.17) is 21.1 Å². The van der Waals surface area contributed by atoms with Crippen molar-refractivity contribution in [2.45, 2.75) is 19.3 Å². The van der Waals surface area contributed by atoms with E-state index in [1.54, 1.807) is 12.1 Å². The van der Waals surface area contributed by atoms with Gasteiger partial charge < -0.3 is 19.7 Å². The molecule has 24 heavy (non-hydrogen) atoms. The van der Waals surface area contributed by atoms with Crippen LogP contribution in [-0.2, 0) is 4.79 Å². The third-order valence-corrected chi connectivity index (χ3v) is 4.50. The van der Waals surface area contributed by atoms with Crippen LogP contribution in [0, 0.1) is 0 Å². The number of hydrogen-bond acceptors (Lipinski definition) is 4. The van der Waals surface area contributed by atoms with Crippen molar-refractivity contribution in [1.29, 1.82) is 0 Å². The van der Waals surface area contributed by atoms with Crippen LogP contribution in [0.4, 0.5) is 0 Å². The first-order valence-electron chi connectivity index (χ1n) is 8.50. The fourth-order valence-electron chi connectivity index (χ4n) is 2.98. The van der Waals surface area contributed by atoms with Crippen molar-refractivity contribution in [1.82, 2.24) is 10.2 Å². The van der Waals surface area contributed by atoms with E-state index in [0.29, 0.717) is 36.3 Å². The molecule has 2 aliphatic rings. The van der Waals surface area contributed by atoms with Crippen molar-refractivity contribution in [3.05, 3.63) is 28.8 Å². The van der Waals surface area contributed by atoms with Crippen molar-refractivity contribution >= 4 is 23.6 Å². The van der Waals surface area contributed by atoms with Crippen molar-refractivity contribution in [3.8, 4) is 11.5 Å². The van der Waals surface area contributed by atoms with Crippen LogP contribution in [-0.4, -0.2) is 50.2 Å². The summed E-state index contributed by atoms with van der Waals surface area (Å²) < 4.78 is 11.0. The van der Waals surface area contributed by atoms with Gasteiger partial charge in [0.15, 0.2) is 11.5 Å². The molecule has 1 saturated heterocycles. The van der Waals surface area contributed by atoms with E-state index in [1.807, 2.05) is 6.07 Å². The Balaban J connectivity index is 1.49. The number of halogens is 1. The third kappa shape index (κ3) is 4.65. The van der Waals surface area contributed by atoms with Gasteiger partial charge in [-0.15, -0.1) is 0 Å². The first-order valence-corrected chi connectivity index (χ1v) is 8.87. The number of carbonyl (C=O) groups excluding carboxylic acids is 1. The first kappa shape index (κ1) is 17.1. The molecule has 5 nitrogen and oxygen atoms in total. The Labute approximate surface area is 147 Å². The molecule has 0 saturated carbocycles. The predicted molar refractivity (Wildman–Crippen MR) is 94.8 cm³/mol. The van der Waals surface area contributed by atoms with Crippen LogP contribution in [0.1, 0.15) is 24.8 Å². The highest BCUT2D eigenvalue weighted by atomic mass is 35.5. The van der Waals surface area contributed by atoms with Gasteiger partial charge in [-0.2, -0.15) is 0 Å².